The largest absolute Gasteiger partial charge is 0.497 e. The third-order valence-corrected chi connectivity index (χ3v) is 3.02. The Bertz CT molecular complexity index is 625. The molecule has 0 spiro atoms. The van der Waals surface area contributed by atoms with Crippen LogP contribution in [0.4, 0.5) is 5.69 Å². The van der Waals surface area contributed by atoms with Gasteiger partial charge in [0, 0.05) is 11.8 Å². The van der Waals surface area contributed by atoms with Crippen LogP contribution in [0.3, 0.4) is 0 Å². The van der Waals surface area contributed by atoms with Crippen LogP contribution in [0, 0.1) is 0 Å². The molecule has 0 saturated heterocycles. The Kier molecular flexibility index (Phi) is 6.29. The van der Waals surface area contributed by atoms with Crippen LogP contribution in [0.25, 0.3) is 0 Å². The summed E-state index contributed by atoms with van der Waals surface area (Å²) in [5.74, 6) is 1.85. The SMILES string of the molecule is CCCOc1cccc(OCC(=O)Nc2ccc(OC)cc2)c1. The van der Waals surface area contributed by atoms with Gasteiger partial charge in [0.2, 0.25) is 0 Å². The van der Waals surface area contributed by atoms with E-state index in [1.165, 1.54) is 0 Å². The number of amides is 1. The van der Waals surface area contributed by atoms with Crippen LogP contribution in [0.5, 0.6) is 17.2 Å². The molecule has 0 bridgehead atoms. The zero-order chi connectivity index (χ0) is 16.5. The lowest BCUT2D eigenvalue weighted by Crippen LogP contribution is -2.20. The molecule has 5 heteroatoms. The molecule has 1 N–H and O–H groups in total. The Balaban J connectivity index is 1.83. The number of anilines is 1. The standard InChI is InChI=1S/C18H21NO4/c1-3-11-22-16-5-4-6-17(12-16)23-13-18(20)19-14-7-9-15(21-2)10-8-14/h4-10,12H,3,11,13H2,1-2H3,(H,19,20). The molecule has 0 aliphatic rings. The Hall–Kier alpha value is -2.69. The lowest BCUT2D eigenvalue weighted by Gasteiger charge is -2.10. The van der Waals surface area contributed by atoms with E-state index in [4.69, 9.17) is 14.2 Å². The summed E-state index contributed by atoms with van der Waals surface area (Å²) in [6.07, 6.45) is 0.940. The first kappa shape index (κ1) is 16.7. The average Bonchev–Trinajstić information content (AvgIpc) is 2.59. The normalized spacial score (nSPS) is 10.0. The minimum absolute atomic E-state index is 0.0662. The Morgan fingerprint density at radius 2 is 1.70 bits per heavy atom. The molecule has 2 aromatic rings. The molecule has 0 fully saturated rings. The topological polar surface area (TPSA) is 56.8 Å². The molecule has 0 unspecified atom stereocenters. The van der Waals surface area contributed by atoms with E-state index in [9.17, 15) is 4.79 Å². The number of carbonyl (C=O) groups excluding carboxylic acids is 1. The van der Waals surface area contributed by atoms with E-state index in [0.717, 1.165) is 17.9 Å². The van der Waals surface area contributed by atoms with Crippen molar-refractivity contribution < 1.29 is 19.0 Å². The van der Waals surface area contributed by atoms with Crippen LogP contribution in [0.2, 0.25) is 0 Å². The first-order valence-electron chi connectivity index (χ1n) is 7.51. The predicted molar refractivity (Wildman–Crippen MR) is 89.3 cm³/mol. The minimum Gasteiger partial charge on any atom is -0.497 e. The van der Waals surface area contributed by atoms with Gasteiger partial charge in [0.15, 0.2) is 6.61 Å². The first-order valence-corrected chi connectivity index (χ1v) is 7.51. The number of methoxy groups -OCH3 is 1. The zero-order valence-electron chi connectivity index (χ0n) is 13.4. The summed E-state index contributed by atoms with van der Waals surface area (Å²) in [5.41, 5.74) is 0.694. The molecule has 0 aliphatic carbocycles. The summed E-state index contributed by atoms with van der Waals surface area (Å²) in [7, 11) is 1.60. The van der Waals surface area contributed by atoms with Gasteiger partial charge in [-0.15, -0.1) is 0 Å². The summed E-state index contributed by atoms with van der Waals surface area (Å²) < 4.78 is 16.1. The summed E-state index contributed by atoms with van der Waals surface area (Å²) in [4.78, 5) is 11.9. The molecule has 5 nitrogen and oxygen atoms in total. The van der Waals surface area contributed by atoms with E-state index >= 15 is 0 Å². The zero-order valence-corrected chi connectivity index (χ0v) is 13.4. The van der Waals surface area contributed by atoms with Gasteiger partial charge in [-0.25, -0.2) is 0 Å². The molecule has 122 valence electrons. The van der Waals surface area contributed by atoms with Crippen molar-refractivity contribution in [3.05, 3.63) is 48.5 Å². The number of nitrogens with one attached hydrogen (secondary N) is 1. The number of rotatable bonds is 8. The predicted octanol–water partition coefficient (Wildman–Crippen LogP) is 3.50. The molecule has 0 atom stereocenters. The van der Waals surface area contributed by atoms with Crippen LogP contribution in [-0.2, 0) is 4.79 Å². The van der Waals surface area contributed by atoms with Crippen LogP contribution in [0.1, 0.15) is 13.3 Å². The molecule has 0 heterocycles. The maximum Gasteiger partial charge on any atom is 0.262 e. The first-order chi connectivity index (χ1) is 11.2. The molecular formula is C18H21NO4. The highest BCUT2D eigenvalue weighted by Crippen LogP contribution is 2.20. The third-order valence-electron chi connectivity index (χ3n) is 3.02. The molecular weight excluding hydrogens is 294 g/mol. The van der Waals surface area contributed by atoms with E-state index in [0.29, 0.717) is 18.0 Å². The van der Waals surface area contributed by atoms with Crippen LogP contribution >= 0.6 is 0 Å². The van der Waals surface area contributed by atoms with Crippen molar-refractivity contribution in [3.63, 3.8) is 0 Å². The molecule has 0 aliphatic heterocycles. The number of carbonyl (C=O) groups is 1. The van der Waals surface area contributed by atoms with Crippen LogP contribution in [-0.4, -0.2) is 26.2 Å². The van der Waals surface area contributed by atoms with E-state index < -0.39 is 0 Å². The fourth-order valence-corrected chi connectivity index (χ4v) is 1.89. The quantitative estimate of drug-likeness (QED) is 0.810. The smallest absolute Gasteiger partial charge is 0.262 e. The van der Waals surface area contributed by atoms with Crippen molar-refractivity contribution >= 4 is 11.6 Å². The Morgan fingerprint density at radius 3 is 2.35 bits per heavy atom. The number of ether oxygens (including phenoxy) is 3. The van der Waals surface area contributed by atoms with Gasteiger partial charge in [-0.3, -0.25) is 4.79 Å². The minimum atomic E-state index is -0.227. The van der Waals surface area contributed by atoms with Crippen molar-refractivity contribution in [2.24, 2.45) is 0 Å². The van der Waals surface area contributed by atoms with Gasteiger partial charge in [0.1, 0.15) is 17.2 Å². The van der Waals surface area contributed by atoms with Gasteiger partial charge in [-0.05, 0) is 42.8 Å². The second-order valence-corrected chi connectivity index (χ2v) is 4.89. The maximum absolute atomic E-state index is 11.9. The van der Waals surface area contributed by atoms with Crippen molar-refractivity contribution in [3.8, 4) is 17.2 Å². The van der Waals surface area contributed by atoms with Gasteiger partial charge >= 0.3 is 0 Å². The highest BCUT2D eigenvalue weighted by Gasteiger charge is 2.05. The molecule has 0 aromatic heterocycles. The second kappa shape index (κ2) is 8.68. The second-order valence-electron chi connectivity index (χ2n) is 4.89. The molecule has 2 aromatic carbocycles. The summed E-state index contributed by atoms with van der Waals surface area (Å²) >= 11 is 0. The Labute approximate surface area is 136 Å². The monoisotopic (exact) mass is 315 g/mol. The third kappa shape index (κ3) is 5.54. The van der Waals surface area contributed by atoms with Crippen molar-refractivity contribution in [1.29, 1.82) is 0 Å². The van der Waals surface area contributed by atoms with E-state index in [2.05, 4.69) is 5.32 Å². The molecule has 2 rings (SSSR count). The van der Waals surface area contributed by atoms with Gasteiger partial charge in [-0.2, -0.15) is 0 Å². The van der Waals surface area contributed by atoms with Crippen molar-refractivity contribution in [2.75, 3.05) is 25.6 Å². The number of hydrogen-bond acceptors (Lipinski definition) is 4. The van der Waals surface area contributed by atoms with E-state index in [-0.39, 0.29) is 12.5 Å². The fraction of sp³-hybridized carbons (Fsp3) is 0.278. The van der Waals surface area contributed by atoms with E-state index in [1.54, 1.807) is 43.5 Å². The van der Waals surface area contributed by atoms with Gasteiger partial charge in [0.05, 0.1) is 13.7 Å². The molecule has 1 amide bonds. The van der Waals surface area contributed by atoms with Gasteiger partial charge < -0.3 is 19.5 Å². The van der Waals surface area contributed by atoms with Crippen LogP contribution < -0.4 is 19.5 Å². The lowest BCUT2D eigenvalue weighted by molar-refractivity contribution is -0.118. The molecule has 23 heavy (non-hydrogen) atoms. The highest BCUT2D eigenvalue weighted by molar-refractivity contribution is 5.91. The number of hydrogen-bond donors (Lipinski definition) is 1. The van der Waals surface area contributed by atoms with E-state index in [1.807, 2.05) is 19.1 Å². The summed E-state index contributed by atoms with van der Waals surface area (Å²) in [6, 6.07) is 14.4. The highest BCUT2D eigenvalue weighted by atomic mass is 16.5. The lowest BCUT2D eigenvalue weighted by atomic mass is 10.3. The van der Waals surface area contributed by atoms with Crippen molar-refractivity contribution in [1.82, 2.24) is 0 Å². The summed E-state index contributed by atoms with van der Waals surface area (Å²) in [5, 5.41) is 2.76. The average molecular weight is 315 g/mol. The summed E-state index contributed by atoms with van der Waals surface area (Å²) in [6.45, 7) is 2.63. The molecule has 0 saturated carbocycles. The number of benzene rings is 2. The van der Waals surface area contributed by atoms with Gasteiger partial charge in [-0.1, -0.05) is 13.0 Å². The van der Waals surface area contributed by atoms with Gasteiger partial charge in [0.25, 0.3) is 5.91 Å². The molecule has 0 radical (unpaired) electrons. The Morgan fingerprint density at radius 1 is 1.00 bits per heavy atom. The van der Waals surface area contributed by atoms with Crippen molar-refractivity contribution in [2.45, 2.75) is 13.3 Å². The van der Waals surface area contributed by atoms with Crippen LogP contribution in [0.15, 0.2) is 48.5 Å². The maximum atomic E-state index is 11.9. The fourth-order valence-electron chi connectivity index (χ4n) is 1.89.